The maximum absolute atomic E-state index is 4.34. The largest absolute Gasteiger partial charge is 0.302 e. The Morgan fingerprint density at radius 3 is 2.59 bits per heavy atom. The molecule has 0 bridgehead atoms. The third-order valence-electron chi connectivity index (χ3n) is 3.05. The number of benzene rings is 1. The maximum Gasteiger partial charge on any atom is 0.0795 e. The molecule has 3 heteroatoms. The van der Waals surface area contributed by atoms with E-state index in [1.807, 2.05) is 5.51 Å². The van der Waals surface area contributed by atoms with Gasteiger partial charge in [-0.3, -0.25) is 0 Å². The number of rotatable bonds is 4. The minimum absolute atomic E-state index is 0.288. The van der Waals surface area contributed by atoms with Crippen LogP contribution in [0.15, 0.2) is 35.2 Å². The van der Waals surface area contributed by atoms with E-state index in [4.69, 9.17) is 0 Å². The van der Waals surface area contributed by atoms with Gasteiger partial charge in [0.25, 0.3) is 0 Å². The third kappa shape index (κ3) is 2.93. The van der Waals surface area contributed by atoms with Crippen LogP contribution in [0, 0.1) is 6.92 Å². The summed E-state index contributed by atoms with van der Waals surface area (Å²) in [6.45, 7) is 6.51. The zero-order valence-electron chi connectivity index (χ0n) is 10.5. The zero-order chi connectivity index (χ0) is 12.3. The van der Waals surface area contributed by atoms with Gasteiger partial charge in [-0.05, 0) is 31.9 Å². The number of nitrogens with zero attached hydrogens (tertiary/aromatic N) is 1. The molecule has 0 amide bonds. The summed E-state index contributed by atoms with van der Waals surface area (Å²) in [5, 5.41) is 5.68. The highest BCUT2D eigenvalue weighted by atomic mass is 32.1. The van der Waals surface area contributed by atoms with Gasteiger partial charge in [0.2, 0.25) is 0 Å². The minimum atomic E-state index is 0.288. The van der Waals surface area contributed by atoms with E-state index in [0.717, 1.165) is 5.69 Å². The van der Waals surface area contributed by atoms with E-state index >= 15 is 0 Å². The third-order valence-corrected chi connectivity index (χ3v) is 3.65. The molecular weight excluding hydrogens is 228 g/mol. The Morgan fingerprint density at radius 1 is 1.18 bits per heavy atom. The molecule has 1 N–H and O–H groups in total. The summed E-state index contributed by atoms with van der Waals surface area (Å²) in [7, 11) is 0. The molecule has 90 valence electrons. The van der Waals surface area contributed by atoms with Gasteiger partial charge < -0.3 is 5.32 Å². The van der Waals surface area contributed by atoms with Crippen molar-refractivity contribution in [2.45, 2.75) is 32.9 Å². The highest BCUT2D eigenvalue weighted by molar-refractivity contribution is 7.07. The zero-order valence-corrected chi connectivity index (χ0v) is 11.3. The molecule has 0 fully saturated rings. The van der Waals surface area contributed by atoms with Gasteiger partial charge in [0.05, 0.1) is 11.2 Å². The molecular formula is C14H18N2S. The van der Waals surface area contributed by atoms with Crippen molar-refractivity contribution >= 4 is 11.3 Å². The Labute approximate surface area is 107 Å². The first-order valence-electron chi connectivity index (χ1n) is 5.88. The van der Waals surface area contributed by atoms with Crippen LogP contribution in [0.25, 0.3) is 0 Å². The summed E-state index contributed by atoms with van der Waals surface area (Å²) in [5.41, 5.74) is 5.69. The topological polar surface area (TPSA) is 24.9 Å². The highest BCUT2D eigenvalue weighted by Crippen LogP contribution is 2.21. The molecule has 2 atom stereocenters. The summed E-state index contributed by atoms with van der Waals surface area (Å²) in [4.78, 5) is 4.34. The molecule has 2 aromatic rings. The van der Waals surface area contributed by atoms with E-state index in [1.165, 1.54) is 11.1 Å². The molecule has 1 unspecified atom stereocenters. The molecule has 0 aliphatic heterocycles. The molecule has 1 aromatic heterocycles. The number of hydrogen-bond donors (Lipinski definition) is 1. The Balaban J connectivity index is 2.07. The smallest absolute Gasteiger partial charge is 0.0795 e. The second-order valence-electron chi connectivity index (χ2n) is 4.38. The summed E-state index contributed by atoms with van der Waals surface area (Å²) in [6.07, 6.45) is 0. The predicted molar refractivity (Wildman–Crippen MR) is 73.3 cm³/mol. The van der Waals surface area contributed by atoms with Gasteiger partial charge in [0, 0.05) is 17.5 Å². The van der Waals surface area contributed by atoms with Crippen molar-refractivity contribution in [3.8, 4) is 0 Å². The predicted octanol–water partition coefficient (Wildman–Crippen LogP) is 3.86. The summed E-state index contributed by atoms with van der Waals surface area (Å²) >= 11 is 1.64. The molecule has 0 saturated heterocycles. The SMILES string of the molecule is Cc1ccccc1[C@H](C)NC(C)c1cscn1. The Kier molecular flexibility index (Phi) is 3.92. The van der Waals surface area contributed by atoms with Gasteiger partial charge >= 0.3 is 0 Å². The van der Waals surface area contributed by atoms with Crippen LogP contribution in [0.3, 0.4) is 0 Å². The first kappa shape index (κ1) is 12.3. The molecule has 0 aliphatic carbocycles. The van der Waals surface area contributed by atoms with Crippen LogP contribution in [0.1, 0.15) is 42.8 Å². The highest BCUT2D eigenvalue weighted by Gasteiger charge is 2.13. The van der Waals surface area contributed by atoms with E-state index < -0.39 is 0 Å². The fraction of sp³-hybridized carbons (Fsp3) is 0.357. The lowest BCUT2D eigenvalue weighted by molar-refractivity contribution is 0.486. The van der Waals surface area contributed by atoms with Crippen LogP contribution in [-0.4, -0.2) is 4.98 Å². The molecule has 17 heavy (non-hydrogen) atoms. The van der Waals surface area contributed by atoms with Crippen molar-refractivity contribution in [1.82, 2.24) is 10.3 Å². The molecule has 0 radical (unpaired) electrons. The lowest BCUT2D eigenvalue weighted by Gasteiger charge is -2.20. The van der Waals surface area contributed by atoms with Crippen molar-refractivity contribution in [2.75, 3.05) is 0 Å². The van der Waals surface area contributed by atoms with Gasteiger partial charge in [0.15, 0.2) is 0 Å². The van der Waals surface area contributed by atoms with E-state index in [2.05, 4.69) is 60.7 Å². The van der Waals surface area contributed by atoms with Gasteiger partial charge in [-0.2, -0.15) is 0 Å². The average molecular weight is 246 g/mol. The fourth-order valence-electron chi connectivity index (χ4n) is 2.06. The summed E-state index contributed by atoms with van der Waals surface area (Å²) < 4.78 is 0. The number of thiazole rings is 1. The molecule has 1 aromatic carbocycles. The van der Waals surface area contributed by atoms with Crippen LogP contribution >= 0.6 is 11.3 Å². The first-order valence-corrected chi connectivity index (χ1v) is 6.82. The molecule has 0 spiro atoms. The second kappa shape index (κ2) is 5.43. The van der Waals surface area contributed by atoms with Crippen LogP contribution in [0.2, 0.25) is 0 Å². The number of aromatic nitrogens is 1. The molecule has 1 heterocycles. The number of nitrogens with one attached hydrogen (secondary N) is 1. The van der Waals surface area contributed by atoms with Gasteiger partial charge in [0.1, 0.15) is 0 Å². The van der Waals surface area contributed by atoms with Gasteiger partial charge in [-0.15, -0.1) is 11.3 Å². The average Bonchev–Trinajstić information content (AvgIpc) is 2.82. The van der Waals surface area contributed by atoms with Crippen molar-refractivity contribution in [3.05, 3.63) is 52.0 Å². The summed E-state index contributed by atoms with van der Waals surface area (Å²) in [5.74, 6) is 0. The van der Waals surface area contributed by atoms with Crippen molar-refractivity contribution in [3.63, 3.8) is 0 Å². The molecule has 2 rings (SSSR count). The molecule has 2 nitrogen and oxygen atoms in total. The monoisotopic (exact) mass is 246 g/mol. The van der Waals surface area contributed by atoms with Crippen molar-refractivity contribution in [2.24, 2.45) is 0 Å². The Hall–Kier alpha value is -1.19. The molecule has 0 saturated carbocycles. The van der Waals surface area contributed by atoms with Crippen molar-refractivity contribution in [1.29, 1.82) is 0 Å². The molecule has 0 aliphatic rings. The lowest BCUT2D eigenvalue weighted by Crippen LogP contribution is -2.23. The number of hydrogen-bond acceptors (Lipinski definition) is 3. The quantitative estimate of drug-likeness (QED) is 0.886. The van der Waals surface area contributed by atoms with Gasteiger partial charge in [-0.1, -0.05) is 24.3 Å². The normalized spacial score (nSPS) is 14.5. The fourth-order valence-corrected chi connectivity index (χ4v) is 2.71. The van der Waals surface area contributed by atoms with E-state index in [9.17, 15) is 0 Å². The van der Waals surface area contributed by atoms with E-state index in [0.29, 0.717) is 6.04 Å². The van der Waals surface area contributed by atoms with Crippen LogP contribution < -0.4 is 5.32 Å². The number of aryl methyl sites for hydroxylation is 1. The lowest BCUT2D eigenvalue weighted by atomic mass is 10.0. The second-order valence-corrected chi connectivity index (χ2v) is 5.10. The van der Waals surface area contributed by atoms with Crippen molar-refractivity contribution < 1.29 is 0 Å². The van der Waals surface area contributed by atoms with E-state index in [-0.39, 0.29) is 6.04 Å². The first-order chi connectivity index (χ1) is 8.18. The van der Waals surface area contributed by atoms with E-state index in [1.54, 1.807) is 11.3 Å². The Morgan fingerprint density at radius 2 is 1.94 bits per heavy atom. The van der Waals surface area contributed by atoms with Crippen LogP contribution in [-0.2, 0) is 0 Å². The standard InChI is InChI=1S/C14H18N2S/c1-10-6-4-5-7-13(10)11(2)16-12(3)14-8-17-9-15-14/h4-9,11-12,16H,1-3H3/t11-,12?/m0/s1. The summed E-state index contributed by atoms with van der Waals surface area (Å²) in [6, 6.07) is 9.13. The minimum Gasteiger partial charge on any atom is -0.302 e. The maximum atomic E-state index is 4.34. The van der Waals surface area contributed by atoms with Crippen LogP contribution in [0.4, 0.5) is 0 Å². The van der Waals surface area contributed by atoms with Gasteiger partial charge in [-0.25, -0.2) is 4.98 Å². The Bertz CT molecular complexity index is 465. The van der Waals surface area contributed by atoms with Crippen LogP contribution in [0.5, 0.6) is 0 Å².